The molecular formula is C23H18ClFN4O3. The number of anilines is 1. The first kappa shape index (κ1) is 21.3. The number of aromatic nitrogens is 3. The molecule has 0 radical (unpaired) electrons. The number of carbonyl (C=O) groups excluding carboxylic acids is 1. The number of amides is 1. The van der Waals surface area contributed by atoms with Gasteiger partial charge < -0.3 is 14.8 Å². The molecule has 0 aliphatic rings. The number of methoxy groups -OCH3 is 2. The van der Waals surface area contributed by atoms with Crippen molar-refractivity contribution in [2.45, 2.75) is 0 Å². The van der Waals surface area contributed by atoms with Crippen LogP contribution in [0.2, 0.25) is 5.02 Å². The third-order valence-electron chi connectivity index (χ3n) is 4.64. The molecule has 3 aromatic carbocycles. The summed E-state index contributed by atoms with van der Waals surface area (Å²) in [5.74, 6) is 0.389. The quantitative estimate of drug-likeness (QED) is 0.445. The van der Waals surface area contributed by atoms with Crippen LogP contribution in [0.3, 0.4) is 0 Å². The third-order valence-corrected chi connectivity index (χ3v) is 4.89. The normalized spacial score (nSPS) is 10.6. The van der Waals surface area contributed by atoms with Gasteiger partial charge in [-0.25, -0.2) is 14.1 Å². The molecule has 0 saturated carbocycles. The lowest BCUT2D eigenvalue weighted by molar-refractivity contribution is 0.101. The summed E-state index contributed by atoms with van der Waals surface area (Å²) in [5, 5.41) is 7.68. The second kappa shape index (κ2) is 9.07. The van der Waals surface area contributed by atoms with E-state index >= 15 is 0 Å². The average molecular weight is 453 g/mol. The van der Waals surface area contributed by atoms with Crippen molar-refractivity contribution in [2.75, 3.05) is 19.5 Å². The molecule has 9 heteroatoms. The molecule has 32 heavy (non-hydrogen) atoms. The van der Waals surface area contributed by atoms with E-state index in [9.17, 15) is 9.18 Å². The van der Waals surface area contributed by atoms with Gasteiger partial charge in [0.15, 0.2) is 5.82 Å². The van der Waals surface area contributed by atoms with Gasteiger partial charge in [-0.15, -0.1) is 5.10 Å². The summed E-state index contributed by atoms with van der Waals surface area (Å²) < 4.78 is 25.4. The number of halogens is 2. The van der Waals surface area contributed by atoms with Crippen molar-refractivity contribution in [2.24, 2.45) is 0 Å². The van der Waals surface area contributed by atoms with Crippen molar-refractivity contribution in [1.82, 2.24) is 14.8 Å². The van der Waals surface area contributed by atoms with E-state index in [2.05, 4.69) is 15.4 Å². The van der Waals surface area contributed by atoms with Crippen LogP contribution < -0.4 is 14.8 Å². The molecular weight excluding hydrogens is 435 g/mol. The van der Waals surface area contributed by atoms with E-state index < -0.39 is 5.91 Å². The van der Waals surface area contributed by atoms with Crippen LogP contribution >= 0.6 is 11.6 Å². The molecule has 1 heterocycles. The topological polar surface area (TPSA) is 78.3 Å². The van der Waals surface area contributed by atoms with Crippen molar-refractivity contribution in [1.29, 1.82) is 0 Å². The number of nitrogens with zero attached hydrogens (tertiary/aromatic N) is 3. The van der Waals surface area contributed by atoms with Gasteiger partial charge in [0, 0.05) is 16.7 Å². The molecule has 0 unspecified atom stereocenters. The van der Waals surface area contributed by atoms with E-state index in [1.807, 2.05) is 0 Å². The Bertz CT molecular complexity index is 1190. The molecule has 0 bridgehead atoms. The Morgan fingerprint density at radius 3 is 2.38 bits per heavy atom. The van der Waals surface area contributed by atoms with Gasteiger partial charge in [-0.05, 0) is 60.7 Å². The van der Waals surface area contributed by atoms with Gasteiger partial charge >= 0.3 is 0 Å². The number of nitrogens with one attached hydrogen (secondary N) is 1. The lowest BCUT2D eigenvalue weighted by atomic mass is 10.2. The maximum atomic E-state index is 13.4. The number of benzene rings is 3. The van der Waals surface area contributed by atoms with E-state index in [1.165, 1.54) is 31.0 Å². The Morgan fingerprint density at radius 1 is 1.00 bits per heavy atom. The monoisotopic (exact) mass is 452 g/mol. The maximum absolute atomic E-state index is 13.4. The first-order valence-corrected chi connectivity index (χ1v) is 9.88. The van der Waals surface area contributed by atoms with Crippen molar-refractivity contribution in [3.05, 3.63) is 83.4 Å². The van der Waals surface area contributed by atoms with Crippen molar-refractivity contribution in [3.8, 4) is 28.6 Å². The molecule has 162 valence electrons. The van der Waals surface area contributed by atoms with Crippen LogP contribution in [0.15, 0.2) is 66.7 Å². The van der Waals surface area contributed by atoms with Crippen molar-refractivity contribution < 1.29 is 18.7 Å². The molecule has 0 fully saturated rings. The zero-order valence-corrected chi connectivity index (χ0v) is 17.9. The molecule has 4 rings (SSSR count). The molecule has 0 spiro atoms. The Balaban J connectivity index is 1.75. The molecule has 1 N–H and O–H groups in total. The Morgan fingerprint density at radius 2 is 1.72 bits per heavy atom. The number of hydrogen-bond donors (Lipinski definition) is 1. The highest BCUT2D eigenvalue weighted by Crippen LogP contribution is 2.29. The molecule has 7 nitrogen and oxygen atoms in total. The highest BCUT2D eigenvalue weighted by molar-refractivity contribution is 6.30. The highest BCUT2D eigenvalue weighted by Gasteiger charge is 2.20. The van der Waals surface area contributed by atoms with Gasteiger partial charge in [0.05, 0.1) is 25.6 Å². The van der Waals surface area contributed by atoms with E-state index in [0.29, 0.717) is 39.3 Å². The van der Waals surface area contributed by atoms with Crippen molar-refractivity contribution in [3.63, 3.8) is 0 Å². The molecule has 0 aliphatic carbocycles. The number of ether oxygens (including phenoxy) is 2. The van der Waals surface area contributed by atoms with E-state index in [1.54, 1.807) is 54.6 Å². The van der Waals surface area contributed by atoms with Crippen LogP contribution in [-0.2, 0) is 0 Å². The SMILES string of the molecule is COc1ccc(OC)c(NC(=O)c2nc(-c3ccc(Cl)cc3)n(-c3ccc(F)cc3)n2)c1. The lowest BCUT2D eigenvalue weighted by Crippen LogP contribution is -2.15. The van der Waals surface area contributed by atoms with E-state index in [4.69, 9.17) is 21.1 Å². The predicted octanol–water partition coefficient (Wildman–Crippen LogP) is 5.00. The molecule has 0 aliphatic heterocycles. The van der Waals surface area contributed by atoms with Crippen LogP contribution in [0.4, 0.5) is 10.1 Å². The van der Waals surface area contributed by atoms with Gasteiger partial charge in [-0.1, -0.05) is 11.6 Å². The first-order valence-electron chi connectivity index (χ1n) is 9.51. The highest BCUT2D eigenvalue weighted by atomic mass is 35.5. The zero-order valence-electron chi connectivity index (χ0n) is 17.2. The summed E-state index contributed by atoms with van der Waals surface area (Å²) in [4.78, 5) is 17.4. The van der Waals surface area contributed by atoms with Gasteiger partial charge in [0.1, 0.15) is 17.3 Å². The van der Waals surface area contributed by atoms with Gasteiger partial charge in [-0.3, -0.25) is 4.79 Å². The second-order valence-electron chi connectivity index (χ2n) is 6.67. The Kier molecular flexibility index (Phi) is 6.04. The minimum atomic E-state index is -0.548. The molecule has 1 aromatic heterocycles. The second-order valence-corrected chi connectivity index (χ2v) is 7.11. The van der Waals surface area contributed by atoms with E-state index in [-0.39, 0.29) is 11.6 Å². The fraction of sp³-hybridized carbons (Fsp3) is 0.0870. The van der Waals surface area contributed by atoms with Crippen LogP contribution in [0.1, 0.15) is 10.6 Å². The lowest BCUT2D eigenvalue weighted by Gasteiger charge is -2.10. The minimum Gasteiger partial charge on any atom is -0.497 e. The largest absolute Gasteiger partial charge is 0.497 e. The fourth-order valence-electron chi connectivity index (χ4n) is 3.05. The third kappa shape index (κ3) is 4.40. The number of hydrogen-bond acceptors (Lipinski definition) is 5. The van der Waals surface area contributed by atoms with Crippen LogP contribution in [0.5, 0.6) is 11.5 Å². The van der Waals surface area contributed by atoms with Crippen LogP contribution in [0.25, 0.3) is 17.1 Å². The Labute approximate surface area is 188 Å². The van der Waals surface area contributed by atoms with Gasteiger partial charge in [-0.2, -0.15) is 0 Å². The number of carbonyl (C=O) groups is 1. The summed E-state index contributed by atoms with van der Waals surface area (Å²) >= 11 is 6.00. The summed E-state index contributed by atoms with van der Waals surface area (Å²) in [5.41, 5.74) is 1.63. The minimum absolute atomic E-state index is 0.0795. The zero-order chi connectivity index (χ0) is 22.7. The van der Waals surface area contributed by atoms with Crippen LogP contribution in [-0.4, -0.2) is 34.9 Å². The first-order chi connectivity index (χ1) is 15.5. The summed E-state index contributed by atoms with van der Waals surface area (Å²) in [6, 6.07) is 17.7. The fourth-order valence-corrected chi connectivity index (χ4v) is 3.17. The Hall–Kier alpha value is -3.91. The summed E-state index contributed by atoms with van der Waals surface area (Å²) in [7, 11) is 3.02. The number of rotatable bonds is 6. The molecule has 0 saturated heterocycles. The maximum Gasteiger partial charge on any atom is 0.295 e. The average Bonchev–Trinajstić information content (AvgIpc) is 3.25. The summed E-state index contributed by atoms with van der Waals surface area (Å²) in [6.45, 7) is 0. The van der Waals surface area contributed by atoms with E-state index in [0.717, 1.165) is 0 Å². The smallest absolute Gasteiger partial charge is 0.295 e. The standard InChI is InChI=1S/C23H18ClFN4O3/c1-31-18-11-12-20(32-2)19(13-18)26-23(30)21-27-22(14-3-5-15(24)6-4-14)29(28-21)17-9-7-16(25)8-10-17/h3-13H,1-2H3,(H,26,30). The van der Waals surface area contributed by atoms with Crippen LogP contribution in [0, 0.1) is 5.82 Å². The van der Waals surface area contributed by atoms with Gasteiger partial charge in [0.25, 0.3) is 5.91 Å². The molecule has 1 amide bonds. The van der Waals surface area contributed by atoms with Gasteiger partial charge in [0.2, 0.25) is 5.82 Å². The predicted molar refractivity (Wildman–Crippen MR) is 119 cm³/mol. The molecule has 4 aromatic rings. The molecule has 0 atom stereocenters. The summed E-state index contributed by atoms with van der Waals surface area (Å²) in [6.07, 6.45) is 0. The van der Waals surface area contributed by atoms with Crippen molar-refractivity contribution >= 4 is 23.2 Å².